The van der Waals surface area contributed by atoms with Crippen molar-refractivity contribution in [3.05, 3.63) is 35.6 Å². The van der Waals surface area contributed by atoms with E-state index in [-0.39, 0.29) is 11.4 Å². The number of benzene rings is 1. The van der Waals surface area contributed by atoms with Gasteiger partial charge >= 0.3 is 0 Å². The van der Waals surface area contributed by atoms with Crippen molar-refractivity contribution in [2.75, 3.05) is 6.54 Å². The Morgan fingerprint density at radius 1 is 1.17 bits per heavy atom. The van der Waals surface area contributed by atoms with Crippen LogP contribution in [0.25, 0.3) is 0 Å². The molecule has 1 aliphatic carbocycles. The minimum absolute atomic E-state index is 0.144. The third kappa shape index (κ3) is 3.55. The molecule has 0 atom stereocenters. The Hall–Kier alpha value is -0.890. The van der Waals surface area contributed by atoms with Crippen molar-refractivity contribution in [3.63, 3.8) is 0 Å². The second-order valence-electron chi connectivity index (χ2n) is 6.76. The van der Waals surface area contributed by atoms with Crippen molar-refractivity contribution >= 4 is 0 Å². The number of nitrogens with one attached hydrogen (secondary N) is 1. The van der Waals surface area contributed by atoms with Gasteiger partial charge in [-0.2, -0.15) is 0 Å². The highest BCUT2D eigenvalue weighted by Crippen LogP contribution is 2.43. The van der Waals surface area contributed by atoms with Gasteiger partial charge in [-0.05, 0) is 63.1 Å². The third-order valence-corrected chi connectivity index (χ3v) is 3.90. The van der Waals surface area contributed by atoms with E-state index in [2.05, 4.69) is 26.1 Å². The molecule has 1 nitrogen and oxygen atoms in total. The van der Waals surface area contributed by atoms with E-state index in [4.69, 9.17) is 0 Å². The topological polar surface area (TPSA) is 12.0 Å². The Morgan fingerprint density at radius 3 is 2.22 bits per heavy atom. The zero-order valence-electron chi connectivity index (χ0n) is 11.7. The van der Waals surface area contributed by atoms with Gasteiger partial charge in [-0.15, -0.1) is 0 Å². The van der Waals surface area contributed by atoms with E-state index in [0.717, 1.165) is 13.0 Å². The van der Waals surface area contributed by atoms with Gasteiger partial charge in [-0.3, -0.25) is 0 Å². The molecule has 0 radical (unpaired) electrons. The second kappa shape index (κ2) is 5.00. The number of rotatable bonds is 4. The van der Waals surface area contributed by atoms with Crippen molar-refractivity contribution in [2.24, 2.45) is 5.41 Å². The van der Waals surface area contributed by atoms with Crippen molar-refractivity contribution in [1.29, 1.82) is 0 Å². The molecule has 1 saturated carbocycles. The molecular formula is C16H24FN. The number of hydrogen-bond acceptors (Lipinski definition) is 1. The molecule has 2 heteroatoms. The summed E-state index contributed by atoms with van der Waals surface area (Å²) in [5.41, 5.74) is 1.82. The minimum atomic E-state index is -0.144. The smallest absolute Gasteiger partial charge is 0.123 e. The molecular weight excluding hydrogens is 225 g/mol. The summed E-state index contributed by atoms with van der Waals surface area (Å²) in [6, 6.07) is 6.98. The van der Waals surface area contributed by atoms with E-state index in [1.165, 1.54) is 24.8 Å². The molecule has 1 aromatic carbocycles. The number of hydrogen-bond donors (Lipinski definition) is 1. The quantitative estimate of drug-likeness (QED) is 0.852. The first-order valence-electron chi connectivity index (χ1n) is 6.88. The summed E-state index contributed by atoms with van der Waals surface area (Å²) >= 11 is 0. The molecule has 0 amide bonds. The predicted molar refractivity (Wildman–Crippen MR) is 74.1 cm³/mol. The fraction of sp³-hybridized carbons (Fsp3) is 0.625. The Kier molecular flexibility index (Phi) is 3.76. The van der Waals surface area contributed by atoms with Crippen LogP contribution >= 0.6 is 0 Å². The highest BCUT2D eigenvalue weighted by molar-refractivity contribution is 5.19. The van der Waals surface area contributed by atoms with Crippen LogP contribution in [-0.2, 0) is 6.42 Å². The van der Waals surface area contributed by atoms with Gasteiger partial charge in [-0.1, -0.05) is 18.6 Å². The summed E-state index contributed by atoms with van der Waals surface area (Å²) in [5.74, 6) is -0.144. The minimum Gasteiger partial charge on any atom is -0.312 e. The van der Waals surface area contributed by atoms with E-state index < -0.39 is 0 Å². The number of halogens is 1. The van der Waals surface area contributed by atoms with Crippen LogP contribution in [0.15, 0.2) is 24.3 Å². The first-order chi connectivity index (χ1) is 8.39. The van der Waals surface area contributed by atoms with Crippen LogP contribution in [0.3, 0.4) is 0 Å². The van der Waals surface area contributed by atoms with Crippen LogP contribution in [0, 0.1) is 11.2 Å². The maximum absolute atomic E-state index is 12.9. The van der Waals surface area contributed by atoms with Crippen LogP contribution in [0.4, 0.5) is 4.39 Å². The monoisotopic (exact) mass is 249 g/mol. The molecule has 1 N–H and O–H groups in total. The van der Waals surface area contributed by atoms with E-state index in [9.17, 15) is 4.39 Å². The Bertz CT molecular complexity index is 385. The van der Waals surface area contributed by atoms with E-state index in [1.807, 2.05) is 12.1 Å². The SMILES string of the molecule is CC(C)(C)NCC1(Cc2ccc(F)cc2)CCC1. The van der Waals surface area contributed by atoms with Crippen LogP contribution in [-0.4, -0.2) is 12.1 Å². The lowest BCUT2D eigenvalue weighted by Gasteiger charge is -2.44. The van der Waals surface area contributed by atoms with Crippen LogP contribution in [0.2, 0.25) is 0 Å². The molecule has 2 rings (SSSR count). The standard InChI is InChI=1S/C16H24FN/c1-15(2,3)18-12-16(9-4-10-16)11-13-5-7-14(17)8-6-13/h5-8,18H,4,9-12H2,1-3H3. The summed E-state index contributed by atoms with van der Waals surface area (Å²) in [4.78, 5) is 0. The highest BCUT2D eigenvalue weighted by Gasteiger charge is 2.37. The van der Waals surface area contributed by atoms with Gasteiger partial charge in [0, 0.05) is 12.1 Å². The largest absolute Gasteiger partial charge is 0.312 e. The predicted octanol–water partition coefficient (Wildman–Crippen LogP) is 3.93. The lowest BCUT2D eigenvalue weighted by Crippen LogP contribution is -2.47. The normalized spacial score (nSPS) is 18.4. The lowest BCUT2D eigenvalue weighted by molar-refractivity contribution is 0.118. The second-order valence-corrected chi connectivity index (χ2v) is 6.76. The summed E-state index contributed by atoms with van der Waals surface area (Å²) in [5, 5.41) is 3.62. The van der Waals surface area contributed by atoms with E-state index >= 15 is 0 Å². The first kappa shape index (κ1) is 13.5. The fourth-order valence-corrected chi connectivity index (χ4v) is 2.58. The molecule has 1 aliphatic rings. The summed E-state index contributed by atoms with van der Waals surface area (Å²) in [7, 11) is 0. The highest BCUT2D eigenvalue weighted by atomic mass is 19.1. The van der Waals surface area contributed by atoms with Crippen LogP contribution in [0.5, 0.6) is 0 Å². The molecule has 1 fully saturated rings. The molecule has 0 saturated heterocycles. The third-order valence-electron chi connectivity index (χ3n) is 3.90. The van der Waals surface area contributed by atoms with Gasteiger partial charge in [0.2, 0.25) is 0 Å². The molecule has 0 heterocycles. The maximum Gasteiger partial charge on any atom is 0.123 e. The van der Waals surface area contributed by atoms with E-state index in [0.29, 0.717) is 5.41 Å². The molecule has 0 bridgehead atoms. The van der Waals surface area contributed by atoms with Crippen LogP contribution < -0.4 is 5.32 Å². The summed E-state index contributed by atoms with van der Waals surface area (Å²) < 4.78 is 12.9. The average Bonchev–Trinajstić information content (AvgIpc) is 2.23. The van der Waals surface area contributed by atoms with E-state index in [1.54, 1.807) is 12.1 Å². The molecule has 0 unspecified atom stereocenters. The Labute approximate surface area is 110 Å². The van der Waals surface area contributed by atoms with Crippen molar-refractivity contribution in [1.82, 2.24) is 5.32 Å². The summed E-state index contributed by atoms with van der Waals surface area (Å²) in [6.45, 7) is 7.68. The first-order valence-corrected chi connectivity index (χ1v) is 6.88. The Morgan fingerprint density at radius 2 is 1.78 bits per heavy atom. The summed E-state index contributed by atoms with van der Waals surface area (Å²) in [6.07, 6.45) is 4.96. The van der Waals surface area contributed by atoms with Gasteiger partial charge in [0.05, 0.1) is 0 Å². The molecule has 0 aromatic heterocycles. The van der Waals surface area contributed by atoms with Gasteiger partial charge in [0.15, 0.2) is 0 Å². The van der Waals surface area contributed by atoms with Crippen LogP contribution in [0.1, 0.15) is 45.6 Å². The molecule has 100 valence electrons. The molecule has 0 spiro atoms. The zero-order valence-corrected chi connectivity index (χ0v) is 11.7. The van der Waals surface area contributed by atoms with Gasteiger partial charge in [0.1, 0.15) is 5.82 Å². The average molecular weight is 249 g/mol. The Balaban J connectivity index is 1.98. The fourth-order valence-electron chi connectivity index (χ4n) is 2.58. The maximum atomic E-state index is 12.9. The van der Waals surface area contributed by atoms with Crippen molar-refractivity contribution < 1.29 is 4.39 Å². The van der Waals surface area contributed by atoms with Crippen molar-refractivity contribution in [3.8, 4) is 0 Å². The molecule has 18 heavy (non-hydrogen) atoms. The lowest BCUT2D eigenvalue weighted by atomic mass is 9.65. The van der Waals surface area contributed by atoms with Gasteiger partial charge in [-0.25, -0.2) is 4.39 Å². The van der Waals surface area contributed by atoms with Gasteiger partial charge < -0.3 is 5.32 Å². The molecule has 1 aromatic rings. The molecule has 0 aliphatic heterocycles. The zero-order chi connectivity index (χ0) is 13.2. The van der Waals surface area contributed by atoms with Crippen molar-refractivity contribution in [2.45, 2.75) is 52.0 Å². The van der Waals surface area contributed by atoms with Gasteiger partial charge in [0.25, 0.3) is 0 Å².